The standard InChI is InChI=1S/C13H8BrNO2S/c14-12-5-8(7-18-12)10(16)6-13-15-9-3-1-2-4-11(9)17-13/h1-5,7H,6H2. The van der Waals surface area contributed by atoms with Crippen LogP contribution in [-0.2, 0) is 6.42 Å². The normalized spacial score (nSPS) is 10.9. The number of hydrogen-bond acceptors (Lipinski definition) is 4. The molecular weight excluding hydrogens is 314 g/mol. The molecule has 0 unspecified atom stereocenters. The molecule has 0 aliphatic carbocycles. The van der Waals surface area contributed by atoms with Gasteiger partial charge < -0.3 is 4.42 Å². The average Bonchev–Trinajstić information content (AvgIpc) is 2.94. The van der Waals surface area contributed by atoms with Crippen molar-refractivity contribution in [1.29, 1.82) is 0 Å². The third-order valence-corrected chi connectivity index (χ3v) is 4.04. The minimum Gasteiger partial charge on any atom is -0.440 e. The summed E-state index contributed by atoms with van der Waals surface area (Å²) < 4.78 is 6.47. The number of carbonyl (C=O) groups is 1. The number of Topliss-reactive ketones (excluding diaryl/α,β-unsaturated/α-hetero) is 1. The Kier molecular flexibility index (Phi) is 3.01. The minimum atomic E-state index is 0.0171. The summed E-state index contributed by atoms with van der Waals surface area (Å²) in [5, 5.41) is 1.83. The smallest absolute Gasteiger partial charge is 0.203 e. The summed E-state index contributed by atoms with van der Waals surface area (Å²) in [6, 6.07) is 9.31. The van der Waals surface area contributed by atoms with E-state index in [0.29, 0.717) is 17.0 Å². The van der Waals surface area contributed by atoms with Crippen LogP contribution in [0.25, 0.3) is 11.1 Å². The van der Waals surface area contributed by atoms with Crippen molar-refractivity contribution in [2.45, 2.75) is 6.42 Å². The van der Waals surface area contributed by atoms with Crippen LogP contribution in [0.1, 0.15) is 16.2 Å². The molecule has 1 aromatic carbocycles. The van der Waals surface area contributed by atoms with Crippen molar-refractivity contribution in [2.24, 2.45) is 0 Å². The second-order valence-electron chi connectivity index (χ2n) is 3.81. The van der Waals surface area contributed by atoms with E-state index in [4.69, 9.17) is 4.42 Å². The van der Waals surface area contributed by atoms with Crippen molar-refractivity contribution in [3.63, 3.8) is 0 Å². The number of thiophene rings is 1. The lowest BCUT2D eigenvalue weighted by Gasteiger charge is -1.92. The first kappa shape index (κ1) is 11.6. The molecule has 18 heavy (non-hydrogen) atoms. The fourth-order valence-corrected chi connectivity index (χ4v) is 2.85. The quantitative estimate of drug-likeness (QED) is 0.683. The number of para-hydroxylation sites is 2. The van der Waals surface area contributed by atoms with Gasteiger partial charge in [0.05, 0.1) is 10.2 Å². The highest BCUT2D eigenvalue weighted by atomic mass is 79.9. The molecule has 2 aromatic heterocycles. The molecule has 0 fully saturated rings. The van der Waals surface area contributed by atoms with Crippen molar-refractivity contribution in [3.8, 4) is 0 Å². The van der Waals surface area contributed by atoms with E-state index in [-0.39, 0.29) is 12.2 Å². The first-order valence-corrected chi connectivity index (χ1v) is 7.01. The molecule has 0 aliphatic heterocycles. The molecule has 0 bridgehead atoms. The van der Waals surface area contributed by atoms with E-state index in [0.717, 1.165) is 9.30 Å². The third-order valence-electron chi connectivity index (χ3n) is 2.54. The molecule has 0 spiro atoms. The van der Waals surface area contributed by atoms with Gasteiger partial charge in [0.1, 0.15) is 5.52 Å². The van der Waals surface area contributed by atoms with Crippen LogP contribution in [0.5, 0.6) is 0 Å². The van der Waals surface area contributed by atoms with Gasteiger partial charge >= 0.3 is 0 Å². The van der Waals surface area contributed by atoms with Gasteiger partial charge in [-0.2, -0.15) is 0 Å². The predicted molar refractivity (Wildman–Crippen MR) is 74.1 cm³/mol. The zero-order valence-electron chi connectivity index (χ0n) is 9.22. The van der Waals surface area contributed by atoms with E-state index >= 15 is 0 Å². The first-order chi connectivity index (χ1) is 8.72. The molecule has 0 saturated heterocycles. The summed E-state index contributed by atoms with van der Waals surface area (Å²) >= 11 is 4.83. The van der Waals surface area contributed by atoms with Crippen molar-refractivity contribution in [3.05, 3.63) is 51.0 Å². The van der Waals surface area contributed by atoms with Crippen molar-refractivity contribution >= 4 is 44.1 Å². The van der Waals surface area contributed by atoms with Crippen LogP contribution in [0.2, 0.25) is 0 Å². The molecule has 2 heterocycles. The van der Waals surface area contributed by atoms with E-state index < -0.39 is 0 Å². The van der Waals surface area contributed by atoms with Gasteiger partial charge in [0.2, 0.25) is 5.89 Å². The van der Waals surface area contributed by atoms with Gasteiger partial charge in [0.15, 0.2) is 11.4 Å². The van der Waals surface area contributed by atoms with Crippen LogP contribution < -0.4 is 0 Å². The molecule has 5 heteroatoms. The molecule has 0 radical (unpaired) electrons. The maximum atomic E-state index is 12.0. The molecule has 3 nitrogen and oxygen atoms in total. The van der Waals surface area contributed by atoms with Crippen LogP contribution in [0, 0.1) is 0 Å². The van der Waals surface area contributed by atoms with Gasteiger partial charge in [-0.1, -0.05) is 12.1 Å². The Balaban J connectivity index is 1.86. The maximum absolute atomic E-state index is 12.0. The summed E-state index contributed by atoms with van der Waals surface area (Å²) in [5.74, 6) is 0.479. The lowest BCUT2D eigenvalue weighted by atomic mass is 10.2. The van der Waals surface area contributed by atoms with Crippen LogP contribution in [0.3, 0.4) is 0 Å². The summed E-state index contributed by atoms with van der Waals surface area (Å²) in [4.78, 5) is 16.3. The number of hydrogen-bond donors (Lipinski definition) is 0. The summed E-state index contributed by atoms with van der Waals surface area (Å²) in [7, 11) is 0. The first-order valence-electron chi connectivity index (χ1n) is 5.34. The number of ketones is 1. The zero-order valence-corrected chi connectivity index (χ0v) is 11.6. The number of rotatable bonds is 3. The molecule has 3 aromatic rings. The number of nitrogens with zero attached hydrogens (tertiary/aromatic N) is 1. The Morgan fingerprint density at radius 1 is 1.39 bits per heavy atom. The van der Waals surface area contributed by atoms with E-state index in [9.17, 15) is 4.79 Å². The monoisotopic (exact) mass is 321 g/mol. The van der Waals surface area contributed by atoms with Gasteiger partial charge in [0, 0.05) is 10.9 Å². The summed E-state index contributed by atoms with van der Waals surface area (Å²) in [6.07, 6.45) is 0.192. The van der Waals surface area contributed by atoms with Gasteiger partial charge in [-0.05, 0) is 34.1 Å². The predicted octanol–water partition coefficient (Wildman–Crippen LogP) is 4.08. The zero-order chi connectivity index (χ0) is 12.5. The van der Waals surface area contributed by atoms with Crippen LogP contribution >= 0.6 is 27.3 Å². The fraction of sp³-hybridized carbons (Fsp3) is 0.0769. The minimum absolute atomic E-state index is 0.0171. The van der Waals surface area contributed by atoms with Crippen LogP contribution in [-0.4, -0.2) is 10.8 Å². The number of fused-ring (bicyclic) bond motifs is 1. The topological polar surface area (TPSA) is 43.1 Å². The Labute approximate surface area is 116 Å². The summed E-state index contributed by atoms with van der Waals surface area (Å²) in [6.45, 7) is 0. The largest absolute Gasteiger partial charge is 0.440 e. The van der Waals surface area contributed by atoms with Gasteiger partial charge in [-0.15, -0.1) is 11.3 Å². The molecule has 0 N–H and O–H groups in total. The van der Waals surface area contributed by atoms with E-state index in [1.54, 1.807) is 0 Å². The molecule has 90 valence electrons. The van der Waals surface area contributed by atoms with Crippen molar-refractivity contribution in [1.82, 2.24) is 4.98 Å². The number of oxazole rings is 1. The Hall–Kier alpha value is -1.46. The molecule has 0 saturated carbocycles. The molecule has 3 rings (SSSR count). The lowest BCUT2D eigenvalue weighted by molar-refractivity contribution is 0.0986. The second-order valence-corrected chi connectivity index (χ2v) is 6.11. The van der Waals surface area contributed by atoms with Gasteiger partial charge in [-0.3, -0.25) is 4.79 Å². The summed E-state index contributed by atoms with van der Waals surface area (Å²) in [5.41, 5.74) is 2.19. The third kappa shape index (κ3) is 2.23. The average molecular weight is 322 g/mol. The van der Waals surface area contributed by atoms with Gasteiger partial charge in [-0.25, -0.2) is 4.98 Å². The van der Waals surface area contributed by atoms with E-state index in [2.05, 4.69) is 20.9 Å². The van der Waals surface area contributed by atoms with E-state index in [1.165, 1.54) is 11.3 Å². The highest BCUT2D eigenvalue weighted by Gasteiger charge is 2.13. The molecule has 0 amide bonds. The Morgan fingerprint density at radius 3 is 2.94 bits per heavy atom. The molecule has 0 atom stereocenters. The SMILES string of the molecule is O=C(Cc1nc2ccccc2o1)c1csc(Br)c1. The van der Waals surface area contributed by atoms with Crippen LogP contribution in [0.15, 0.2) is 43.9 Å². The van der Waals surface area contributed by atoms with Crippen molar-refractivity contribution < 1.29 is 9.21 Å². The molecular formula is C13H8BrNO2S. The second kappa shape index (κ2) is 4.66. The van der Waals surface area contributed by atoms with Crippen LogP contribution in [0.4, 0.5) is 0 Å². The Morgan fingerprint density at radius 2 is 2.22 bits per heavy atom. The highest BCUT2D eigenvalue weighted by molar-refractivity contribution is 9.11. The van der Waals surface area contributed by atoms with Crippen molar-refractivity contribution in [2.75, 3.05) is 0 Å². The number of benzene rings is 1. The van der Waals surface area contributed by atoms with E-state index in [1.807, 2.05) is 35.7 Å². The van der Waals surface area contributed by atoms with Gasteiger partial charge in [0.25, 0.3) is 0 Å². The number of aromatic nitrogens is 1. The number of halogens is 1. The fourth-order valence-electron chi connectivity index (χ4n) is 1.69. The highest BCUT2D eigenvalue weighted by Crippen LogP contribution is 2.22. The lowest BCUT2D eigenvalue weighted by Crippen LogP contribution is -2.01. The number of carbonyl (C=O) groups excluding carboxylic acids is 1. The Bertz CT molecular complexity index is 683. The molecule has 0 aliphatic rings. The maximum Gasteiger partial charge on any atom is 0.203 e.